The number of hydrogen-bond acceptors (Lipinski definition) is 5. The summed E-state index contributed by atoms with van der Waals surface area (Å²) in [6, 6.07) is 19.7. The van der Waals surface area contributed by atoms with Gasteiger partial charge >= 0.3 is 11.9 Å². The number of aliphatic carboxylic acids is 2. The first-order chi connectivity index (χ1) is 14.7. The Morgan fingerprint density at radius 3 is 1.84 bits per heavy atom. The number of benzene rings is 2. The van der Waals surface area contributed by atoms with Crippen molar-refractivity contribution >= 4 is 22.0 Å². The molecule has 168 valence electrons. The van der Waals surface area contributed by atoms with Crippen LogP contribution in [0, 0.1) is 0 Å². The van der Waals surface area contributed by atoms with Gasteiger partial charge in [0.1, 0.15) is 0 Å². The quantitative estimate of drug-likeness (QED) is 0.651. The third-order valence-electron chi connectivity index (χ3n) is 5.15. The summed E-state index contributed by atoms with van der Waals surface area (Å²) in [4.78, 5) is 21.0. The molecule has 1 atom stereocenters. The number of rotatable bonds is 6. The lowest BCUT2D eigenvalue weighted by Crippen LogP contribution is -2.51. The molecule has 2 N–H and O–H groups in total. The van der Waals surface area contributed by atoms with E-state index < -0.39 is 22.0 Å². The zero-order valence-corrected chi connectivity index (χ0v) is 18.2. The van der Waals surface area contributed by atoms with Gasteiger partial charge < -0.3 is 10.2 Å². The van der Waals surface area contributed by atoms with Crippen molar-refractivity contribution < 1.29 is 28.2 Å². The maximum atomic E-state index is 12.7. The zero-order chi connectivity index (χ0) is 22.9. The van der Waals surface area contributed by atoms with Crippen molar-refractivity contribution in [3.63, 3.8) is 0 Å². The van der Waals surface area contributed by atoms with Crippen LogP contribution in [0.5, 0.6) is 0 Å². The molecule has 9 heteroatoms. The summed E-state index contributed by atoms with van der Waals surface area (Å²) in [6.07, 6.45) is 2.15. The number of carboxylic acid groups (broad SMARTS) is 2. The molecule has 31 heavy (non-hydrogen) atoms. The maximum Gasteiger partial charge on any atom is 0.414 e. The average Bonchev–Trinajstić information content (AvgIpc) is 2.79. The Morgan fingerprint density at radius 1 is 0.871 bits per heavy atom. The topological polar surface area (TPSA) is 115 Å². The highest BCUT2D eigenvalue weighted by atomic mass is 32.2. The number of hydrogen-bond donors (Lipinski definition) is 2. The number of aryl methyl sites for hydroxylation is 1. The predicted octanol–water partition coefficient (Wildman–Crippen LogP) is 2.17. The van der Waals surface area contributed by atoms with E-state index in [0.29, 0.717) is 24.0 Å². The molecule has 2 aromatic rings. The van der Waals surface area contributed by atoms with E-state index in [2.05, 4.69) is 36.1 Å². The molecule has 0 bridgehead atoms. The average molecular weight is 449 g/mol. The van der Waals surface area contributed by atoms with Gasteiger partial charge in [-0.3, -0.25) is 4.90 Å². The fourth-order valence-electron chi connectivity index (χ4n) is 3.33. The molecular weight excluding hydrogens is 420 g/mol. The van der Waals surface area contributed by atoms with Crippen molar-refractivity contribution in [2.24, 2.45) is 0 Å². The van der Waals surface area contributed by atoms with Crippen molar-refractivity contribution in [2.75, 3.05) is 26.2 Å². The van der Waals surface area contributed by atoms with Gasteiger partial charge in [0.15, 0.2) is 0 Å². The Bertz CT molecular complexity index is 930. The molecule has 1 heterocycles. The van der Waals surface area contributed by atoms with Crippen molar-refractivity contribution in [1.29, 1.82) is 0 Å². The van der Waals surface area contributed by atoms with Crippen LogP contribution in [0.4, 0.5) is 0 Å². The lowest BCUT2D eigenvalue weighted by atomic mass is 10.0. The summed E-state index contributed by atoms with van der Waals surface area (Å²) in [7, 11) is -3.36. The molecule has 3 rings (SSSR count). The molecule has 0 aliphatic carbocycles. The summed E-state index contributed by atoms with van der Waals surface area (Å²) in [5.74, 6) is -3.65. The number of piperazine rings is 1. The van der Waals surface area contributed by atoms with E-state index in [0.717, 1.165) is 25.9 Å². The van der Waals surface area contributed by atoms with Gasteiger partial charge in [-0.2, -0.15) is 4.31 Å². The Balaban J connectivity index is 0.000000501. The summed E-state index contributed by atoms with van der Waals surface area (Å²) >= 11 is 0. The van der Waals surface area contributed by atoms with E-state index in [1.165, 1.54) is 5.56 Å². The minimum absolute atomic E-state index is 0.389. The van der Waals surface area contributed by atoms with Gasteiger partial charge in [0, 0.05) is 32.2 Å². The van der Waals surface area contributed by atoms with E-state index >= 15 is 0 Å². The van der Waals surface area contributed by atoms with Crippen LogP contribution in [-0.4, -0.2) is 72.0 Å². The smallest absolute Gasteiger partial charge is 0.414 e. The van der Waals surface area contributed by atoms with Crippen LogP contribution in [-0.2, 0) is 26.0 Å². The Hall–Kier alpha value is -2.75. The van der Waals surface area contributed by atoms with Crippen LogP contribution >= 0.6 is 0 Å². The maximum absolute atomic E-state index is 12.7. The molecule has 1 aliphatic rings. The van der Waals surface area contributed by atoms with Crippen molar-refractivity contribution in [3.8, 4) is 0 Å². The molecule has 0 radical (unpaired) electrons. The Labute approximate surface area is 182 Å². The van der Waals surface area contributed by atoms with Gasteiger partial charge in [0.25, 0.3) is 0 Å². The number of sulfonamides is 1. The molecule has 0 spiro atoms. The number of carboxylic acids is 2. The molecule has 1 aliphatic heterocycles. The Morgan fingerprint density at radius 2 is 1.35 bits per heavy atom. The second kappa shape index (κ2) is 11.6. The minimum atomic E-state index is -3.36. The van der Waals surface area contributed by atoms with Crippen molar-refractivity contribution in [2.45, 2.75) is 30.7 Å². The Kier molecular flexibility index (Phi) is 9.17. The van der Waals surface area contributed by atoms with Gasteiger partial charge in [-0.05, 0) is 37.5 Å². The van der Waals surface area contributed by atoms with Crippen LogP contribution in [0.1, 0.15) is 18.9 Å². The highest BCUT2D eigenvalue weighted by Gasteiger charge is 2.29. The largest absolute Gasteiger partial charge is 0.473 e. The van der Waals surface area contributed by atoms with Gasteiger partial charge in [-0.15, -0.1) is 0 Å². The van der Waals surface area contributed by atoms with E-state index in [4.69, 9.17) is 19.8 Å². The van der Waals surface area contributed by atoms with Crippen molar-refractivity contribution in [1.82, 2.24) is 9.21 Å². The zero-order valence-electron chi connectivity index (χ0n) is 17.4. The second-order valence-corrected chi connectivity index (χ2v) is 9.17. The second-order valence-electron chi connectivity index (χ2n) is 7.24. The molecule has 1 fully saturated rings. The lowest BCUT2D eigenvalue weighted by Gasteiger charge is -2.37. The van der Waals surface area contributed by atoms with E-state index in [9.17, 15) is 8.42 Å². The van der Waals surface area contributed by atoms with Crippen LogP contribution in [0.3, 0.4) is 0 Å². The van der Waals surface area contributed by atoms with Crippen LogP contribution in [0.15, 0.2) is 65.6 Å². The highest BCUT2D eigenvalue weighted by Crippen LogP contribution is 2.19. The summed E-state index contributed by atoms with van der Waals surface area (Å²) < 4.78 is 27.0. The first-order valence-electron chi connectivity index (χ1n) is 10.0. The number of carbonyl (C=O) groups is 2. The van der Waals surface area contributed by atoms with Crippen LogP contribution < -0.4 is 0 Å². The summed E-state index contributed by atoms with van der Waals surface area (Å²) in [5, 5.41) is 14.8. The lowest BCUT2D eigenvalue weighted by molar-refractivity contribution is -0.159. The summed E-state index contributed by atoms with van der Waals surface area (Å²) in [5.41, 5.74) is 1.36. The van der Waals surface area contributed by atoms with Crippen LogP contribution in [0.25, 0.3) is 0 Å². The van der Waals surface area contributed by atoms with Gasteiger partial charge in [0.05, 0.1) is 4.90 Å². The fourth-order valence-corrected chi connectivity index (χ4v) is 4.77. The van der Waals surface area contributed by atoms with Gasteiger partial charge in [-0.1, -0.05) is 48.5 Å². The predicted molar refractivity (Wildman–Crippen MR) is 116 cm³/mol. The SMILES string of the molecule is CC(CCc1ccccc1)N1CCN(S(=O)(=O)c2ccccc2)CC1.O=C(O)C(=O)O. The minimum Gasteiger partial charge on any atom is -0.473 e. The first kappa shape index (κ1) is 24.5. The van der Waals surface area contributed by atoms with Crippen molar-refractivity contribution in [3.05, 3.63) is 66.2 Å². The monoisotopic (exact) mass is 448 g/mol. The van der Waals surface area contributed by atoms with Gasteiger partial charge in [0.2, 0.25) is 10.0 Å². The van der Waals surface area contributed by atoms with E-state index in [-0.39, 0.29) is 0 Å². The highest BCUT2D eigenvalue weighted by molar-refractivity contribution is 7.89. The van der Waals surface area contributed by atoms with Gasteiger partial charge in [-0.25, -0.2) is 18.0 Å². The first-order valence-corrected chi connectivity index (χ1v) is 11.4. The number of nitrogens with zero attached hydrogens (tertiary/aromatic N) is 2. The molecule has 0 aromatic heterocycles. The molecule has 0 saturated carbocycles. The fraction of sp³-hybridized carbons (Fsp3) is 0.364. The molecule has 1 saturated heterocycles. The molecule has 0 amide bonds. The van der Waals surface area contributed by atoms with Crippen LogP contribution in [0.2, 0.25) is 0 Å². The molecule has 2 aromatic carbocycles. The molecule has 8 nitrogen and oxygen atoms in total. The van der Waals surface area contributed by atoms with E-state index in [1.54, 1.807) is 28.6 Å². The molecule has 1 unspecified atom stereocenters. The molecular formula is C22H28N2O6S. The summed E-state index contributed by atoms with van der Waals surface area (Å²) in [6.45, 7) is 4.95. The van der Waals surface area contributed by atoms with E-state index in [1.807, 2.05) is 12.1 Å². The third kappa shape index (κ3) is 7.46. The normalized spacial score (nSPS) is 16.0. The third-order valence-corrected chi connectivity index (χ3v) is 7.07. The standard InChI is InChI=1S/C20H26N2O2S.C2H2O4/c1-18(12-13-19-8-4-2-5-9-19)21-14-16-22(17-15-21)25(23,24)20-10-6-3-7-11-20;3-1(4)2(5)6/h2-11,18H,12-17H2,1H3;(H,3,4)(H,5,6).